The van der Waals surface area contributed by atoms with Crippen LogP contribution in [0.3, 0.4) is 0 Å². The first-order valence-electron chi connectivity index (χ1n) is 7.44. The molecule has 2 amide bonds. The molecule has 2 aromatic heterocycles. The summed E-state index contributed by atoms with van der Waals surface area (Å²) < 4.78 is 5.29. The smallest absolute Gasteiger partial charge is 0.309 e. The highest BCUT2D eigenvalue weighted by Crippen LogP contribution is 2.45. The van der Waals surface area contributed by atoms with Crippen molar-refractivity contribution in [1.29, 1.82) is 0 Å². The second-order valence-electron chi connectivity index (χ2n) is 5.62. The molecule has 0 radical (unpaired) electrons. The number of nitrogens with one attached hydrogen (secondary N) is 2. The summed E-state index contributed by atoms with van der Waals surface area (Å²) in [7, 11) is 0. The van der Waals surface area contributed by atoms with Crippen LogP contribution in [0.5, 0.6) is 0 Å². The predicted molar refractivity (Wildman–Crippen MR) is 84.5 cm³/mol. The first kappa shape index (κ1) is 15.8. The van der Waals surface area contributed by atoms with Crippen LogP contribution in [0.4, 0.5) is 0 Å². The van der Waals surface area contributed by atoms with Crippen molar-refractivity contribution < 1.29 is 19.1 Å². The fourth-order valence-corrected chi connectivity index (χ4v) is 3.12. The highest BCUT2D eigenvalue weighted by molar-refractivity contribution is 7.09. The number of carbonyl (C=O) groups is 2. The Balaban J connectivity index is 1.54. The molecular weight excluding hydrogens is 316 g/mol. The predicted octanol–water partition coefficient (Wildman–Crippen LogP) is 1.37. The molecule has 122 valence electrons. The van der Waals surface area contributed by atoms with E-state index in [2.05, 4.69) is 10.6 Å². The molecule has 23 heavy (non-hydrogen) atoms. The number of thiophene rings is 1. The third-order valence-electron chi connectivity index (χ3n) is 3.93. The molecule has 0 saturated heterocycles. The fourth-order valence-electron chi connectivity index (χ4n) is 2.47. The average Bonchev–Trinajstić information content (AvgIpc) is 3.05. The van der Waals surface area contributed by atoms with Crippen LogP contribution in [0, 0.1) is 5.92 Å². The Morgan fingerprint density at radius 3 is 2.65 bits per heavy atom. The molecule has 0 aromatic carbocycles. The summed E-state index contributed by atoms with van der Waals surface area (Å²) in [4.78, 5) is 24.7. The van der Waals surface area contributed by atoms with Gasteiger partial charge in [0.05, 0.1) is 19.4 Å². The fraction of sp³-hybridized carbons (Fsp3) is 0.375. The van der Waals surface area contributed by atoms with Gasteiger partial charge < -0.3 is 20.2 Å². The molecule has 1 fully saturated rings. The molecule has 1 saturated carbocycles. The number of hydrogen-bond donors (Lipinski definition) is 3. The quantitative estimate of drug-likeness (QED) is 0.696. The minimum Gasteiger partial charge on any atom is -0.466 e. The molecule has 0 bridgehead atoms. The maximum atomic E-state index is 11.9. The molecular formula is C16H18N2O4S. The molecule has 1 aliphatic rings. The van der Waals surface area contributed by atoms with Crippen molar-refractivity contribution >= 4 is 23.2 Å². The monoisotopic (exact) mass is 334 g/mol. The van der Waals surface area contributed by atoms with Crippen LogP contribution in [0.2, 0.25) is 0 Å². The van der Waals surface area contributed by atoms with Crippen LogP contribution >= 0.6 is 11.3 Å². The lowest BCUT2D eigenvalue weighted by Crippen LogP contribution is -2.47. The molecule has 6 nitrogen and oxygen atoms in total. The molecule has 2 heterocycles. The van der Waals surface area contributed by atoms with Crippen molar-refractivity contribution in [1.82, 2.24) is 10.6 Å². The van der Waals surface area contributed by atoms with E-state index in [4.69, 9.17) is 4.42 Å². The van der Waals surface area contributed by atoms with Crippen LogP contribution in [0.25, 0.3) is 0 Å². The first-order valence-corrected chi connectivity index (χ1v) is 8.32. The van der Waals surface area contributed by atoms with Gasteiger partial charge in [-0.3, -0.25) is 9.59 Å². The second kappa shape index (κ2) is 6.55. The largest absolute Gasteiger partial charge is 0.466 e. The number of carbonyl (C=O) groups excluding carboxylic acids is 2. The van der Waals surface area contributed by atoms with Gasteiger partial charge >= 0.3 is 11.8 Å². The van der Waals surface area contributed by atoms with E-state index in [1.165, 1.54) is 17.6 Å². The summed E-state index contributed by atoms with van der Waals surface area (Å²) in [6, 6.07) is 7.14. The van der Waals surface area contributed by atoms with Crippen LogP contribution in [0.1, 0.15) is 23.5 Å². The van der Waals surface area contributed by atoms with Gasteiger partial charge in [-0.2, -0.15) is 0 Å². The van der Waals surface area contributed by atoms with E-state index in [0.29, 0.717) is 12.3 Å². The zero-order valence-corrected chi connectivity index (χ0v) is 13.3. The molecule has 3 rings (SSSR count). The standard InChI is InChI=1S/C16H18N2O4S/c19-14(17-9-12-3-2-8-23-12)15(20)18-10-16(21,11-5-6-11)13-4-1-7-22-13/h1-4,7-8,11,21H,5-6,9-10H2,(H,17,19)(H,18,20). The van der Waals surface area contributed by atoms with Crippen molar-refractivity contribution in [3.8, 4) is 0 Å². The number of rotatable bonds is 6. The molecule has 1 unspecified atom stereocenters. The van der Waals surface area contributed by atoms with Crippen LogP contribution in [-0.2, 0) is 21.7 Å². The summed E-state index contributed by atoms with van der Waals surface area (Å²) in [6.07, 6.45) is 3.23. The minimum absolute atomic E-state index is 0.0446. The lowest BCUT2D eigenvalue weighted by Gasteiger charge is -2.26. The van der Waals surface area contributed by atoms with Gasteiger partial charge in [-0.05, 0) is 42.3 Å². The highest BCUT2D eigenvalue weighted by atomic mass is 32.1. The molecule has 1 aliphatic carbocycles. The van der Waals surface area contributed by atoms with Crippen molar-refractivity contribution in [2.24, 2.45) is 5.92 Å². The van der Waals surface area contributed by atoms with Crippen LogP contribution in [-0.4, -0.2) is 23.5 Å². The topological polar surface area (TPSA) is 91.6 Å². The Kier molecular flexibility index (Phi) is 4.49. The second-order valence-corrected chi connectivity index (χ2v) is 6.65. The Bertz CT molecular complexity index is 664. The Morgan fingerprint density at radius 2 is 2.04 bits per heavy atom. The molecule has 0 aliphatic heterocycles. The zero-order valence-electron chi connectivity index (χ0n) is 12.5. The molecule has 1 atom stereocenters. The third kappa shape index (κ3) is 3.62. The zero-order chi connectivity index (χ0) is 16.3. The maximum absolute atomic E-state index is 11.9. The summed E-state index contributed by atoms with van der Waals surface area (Å²) in [5.41, 5.74) is -1.26. The number of furan rings is 1. The molecule has 2 aromatic rings. The first-order chi connectivity index (χ1) is 11.1. The molecule has 0 spiro atoms. The average molecular weight is 334 g/mol. The van der Waals surface area contributed by atoms with Gasteiger partial charge in [0.15, 0.2) is 0 Å². The van der Waals surface area contributed by atoms with Gasteiger partial charge in [0.1, 0.15) is 11.4 Å². The van der Waals surface area contributed by atoms with Gasteiger partial charge in [0.2, 0.25) is 0 Å². The Labute approximate surface area is 137 Å². The van der Waals surface area contributed by atoms with E-state index >= 15 is 0 Å². The summed E-state index contributed by atoms with van der Waals surface area (Å²) in [5, 5.41) is 17.7. The van der Waals surface area contributed by atoms with E-state index in [9.17, 15) is 14.7 Å². The van der Waals surface area contributed by atoms with E-state index in [1.54, 1.807) is 12.1 Å². The molecule has 3 N–H and O–H groups in total. The van der Waals surface area contributed by atoms with Gasteiger partial charge in [-0.25, -0.2) is 0 Å². The van der Waals surface area contributed by atoms with Gasteiger partial charge in [-0.1, -0.05) is 6.07 Å². The van der Waals surface area contributed by atoms with E-state index in [-0.39, 0.29) is 12.5 Å². The van der Waals surface area contributed by atoms with Crippen LogP contribution in [0.15, 0.2) is 40.3 Å². The van der Waals surface area contributed by atoms with Crippen LogP contribution < -0.4 is 10.6 Å². The SMILES string of the molecule is O=C(NCc1cccs1)C(=O)NCC(O)(c1ccco1)C1CC1. The lowest BCUT2D eigenvalue weighted by molar-refractivity contribution is -0.140. The minimum atomic E-state index is -1.26. The number of amides is 2. The number of aliphatic hydroxyl groups is 1. The summed E-state index contributed by atoms with van der Waals surface area (Å²) in [5.74, 6) is -1.01. The van der Waals surface area contributed by atoms with Crippen molar-refractivity contribution in [3.05, 3.63) is 46.5 Å². The number of hydrogen-bond acceptors (Lipinski definition) is 5. The van der Waals surface area contributed by atoms with Crippen molar-refractivity contribution in [2.75, 3.05) is 6.54 Å². The normalized spacial score (nSPS) is 16.6. The lowest BCUT2D eigenvalue weighted by atomic mass is 9.94. The van der Waals surface area contributed by atoms with Gasteiger partial charge in [0.25, 0.3) is 0 Å². The highest BCUT2D eigenvalue weighted by Gasteiger charge is 2.47. The maximum Gasteiger partial charge on any atom is 0.309 e. The van der Waals surface area contributed by atoms with Gasteiger partial charge in [0, 0.05) is 4.88 Å². The van der Waals surface area contributed by atoms with E-state index in [0.717, 1.165) is 17.7 Å². The molecule has 7 heteroatoms. The van der Waals surface area contributed by atoms with E-state index in [1.807, 2.05) is 17.5 Å². The Morgan fingerprint density at radius 1 is 1.26 bits per heavy atom. The van der Waals surface area contributed by atoms with E-state index < -0.39 is 17.4 Å². The summed E-state index contributed by atoms with van der Waals surface area (Å²) in [6.45, 7) is 0.269. The third-order valence-corrected chi connectivity index (χ3v) is 4.80. The van der Waals surface area contributed by atoms with Gasteiger partial charge in [-0.15, -0.1) is 11.3 Å². The summed E-state index contributed by atoms with van der Waals surface area (Å²) >= 11 is 1.51. The Hall–Kier alpha value is -2.12. The van der Waals surface area contributed by atoms with Crippen molar-refractivity contribution in [2.45, 2.75) is 25.0 Å². The van der Waals surface area contributed by atoms with Crippen molar-refractivity contribution in [3.63, 3.8) is 0 Å².